The molecule has 0 fully saturated rings. The van der Waals surface area contributed by atoms with Crippen LogP contribution in [0.2, 0.25) is 5.02 Å². The Kier molecular flexibility index (Phi) is 2.97. The van der Waals surface area contributed by atoms with E-state index in [2.05, 4.69) is 31.5 Å². The molecule has 0 saturated heterocycles. The fraction of sp³-hybridized carbons (Fsp3) is 0.333. The van der Waals surface area contributed by atoms with E-state index in [1.807, 2.05) is 17.4 Å². The highest BCUT2D eigenvalue weighted by Crippen LogP contribution is 2.41. The van der Waals surface area contributed by atoms with Crippen molar-refractivity contribution in [1.29, 1.82) is 0 Å². The van der Waals surface area contributed by atoms with Crippen molar-refractivity contribution in [2.75, 3.05) is 13.6 Å². The highest BCUT2D eigenvalue weighted by molar-refractivity contribution is 7.20. The van der Waals surface area contributed by atoms with Crippen molar-refractivity contribution in [3.8, 4) is 0 Å². The summed E-state index contributed by atoms with van der Waals surface area (Å²) in [5, 5.41) is 2.29. The molecule has 1 aliphatic heterocycles. The van der Waals surface area contributed by atoms with Gasteiger partial charge in [-0.25, -0.2) is 0 Å². The molecule has 0 N–H and O–H groups in total. The summed E-state index contributed by atoms with van der Waals surface area (Å²) in [7, 11) is 2.17. The van der Waals surface area contributed by atoms with E-state index in [1.54, 1.807) is 0 Å². The maximum Gasteiger partial charge on any atom is 0.0445 e. The zero-order chi connectivity index (χ0) is 12.9. The molecule has 94 valence electrons. The van der Waals surface area contributed by atoms with Gasteiger partial charge in [0.25, 0.3) is 0 Å². The number of thiophene rings is 1. The lowest BCUT2D eigenvalue weighted by atomic mass is 10.0. The maximum absolute atomic E-state index is 6.38. The zero-order valence-electron chi connectivity index (χ0n) is 10.7. The van der Waals surface area contributed by atoms with Crippen molar-refractivity contribution < 1.29 is 0 Å². The lowest BCUT2D eigenvalue weighted by Gasteiger charge is -2.13. The lowest BCUT2D eigenvalue weighted by Crippen LogP contribution is -2.18. The van der Waals surface area contributed by atoms with E-state index in [-0.39, 0.29) is 0 Å². The van der Waals surface area contributed by atoms with Crippen LogP contribution in [0.15, 0.2) is 18.7 Å². The molecule has 0 spiro atoms. The first-order chi connectivity index (χ1) is 8.58. The Bertz CT molecular complexity index is 641. The van der Waals surface area contributed by atoms with Crippen molar-refractivity contribution in [3.63, 3.8) is 0 Å². The zero-order valence-corrected chi connectivity index (χ0v) is 12.3. The third kappa shape index (κ3) is 1.80. The molecule has 3 heteroatoms. The molecule has 2 aromatic rings. The third-order valence-corrected chi connectivity index (χ3v) is 5.28. The lowest BCUT2D eigenvalue weighted by molar-refractivity contribution is 0.337. The molecule has 3 rings (SSSR count). The summed E-state index contributed by atoms with van der Waals surface area (Å²) >= 11 is 8.23. The Morgan fingerprint density at radius 2 is 2.17 bits per heavy atom. The molecule has 18 heavy (non-hydrogen) atoms. The van der Waals surface area contributed by atoms with Crippen molar-refractivity contribution >= 4 is 38.6 Å². The Labute approximate surface area is 117 Å². The average molecular weight is 278 g/mol. The van der Waals surface area contributed by atoms with Gasteiger partial charge in [-0.05, 0) is 49.2 Å². The number of hydrogen-bond donors (Lipinski definition) is 0. The van der Waals surface area contributed by atoms with Gasteiger partial charge in [0.2, 0.25) is 0 Å². The smallest absolute Gasteiger partial charge is 0.0445 e. The molecule has 1 aromatic heterocycles. The molecule has 1 nitrogen and oxygen atoms in total. The van der Waals surface area contributed by atoms with Gasteiger partial charge >= 0.3 is 0 Å². The van der Waals surface area contributed by atoms with E-state index in [0.29, 0.717) is 0 Å². The molecule has 0 radical (unpaired) electrons. The van der Waals surface area contributed by atoms with Gasteiger partial charge in [-0.2, -0.15) is 0 Å². The summed E-state index contributed by atoms with van der Waals surface area (Å²) in [5.74, 6) is 0. The average Bonchev–Trinajstić information content (AvgIpc) is 2.57. The second-order valence-corrected chi connectivity index (χ2v) is 6.54. The van der Waals surface area contributed by atoms with Gasteiger partial charge in [0.15, 0.2) is 0 Å². The van der Waals surface area contributed by atoms with Gasteiger partial charge in [-0.3, -0.25) is 0 Å². The van der Waals surface area contributed by atoms with Gasteiger partial charge in [-0.15, -0.1) is 11.3 Å². The number of likely N-dealkylation sites (N-methyl/N-ethyl adjacent to an activating group) is 1. The first-order valence-corrected chi connectivity index (χ1v) is 7.34. The second-order valence-electron chi connectivity index (χ2n) is 5.08. The Morgan fingerprint density at radius 3 is 2.89 bits per heavy atom. The Balaban J connectivity index is 2.39. The predicted molar refractivity (Wildman–Crippen MR) is 81.6 cm³/mol. The number of nitrogens with zero attached hydrogens (tertiary/aromatic N) is 1. The van der Waals surface area contributed by atoms with Crippen LogP contribution in [-0.4, -0.2) is 18.5 Å². The highest BCUT2D eigenvalue weighted by Gasteiger charge is 2.21. The largest absolute Gasteiger partial charge is 0.302 e. The first kappa shape index (κ1) is 12.2. The van der Waals surface area contributed by atoms with E-state index in [4.69, 9.17) is 11.6 Å². The van der Waals surface area contributed by atoms with Crippen LogP contribution in [0.5, 0.6) is 0 Å². The van der Waals surface area contributed by atoms with Gasteiger partial charge in [-0.1, -0.05) is 18.2 Å². The van der Waals surface area contributed by atoms with Gasteiger partial charge in [0.05, 0.1) is 0 Å². The third-order valence-electron chi connectivity index (χ3n) is 3.56. The molecule has 2 heterocycles. The summed E-state index contributed by atoms with van der Waals surface area (Å²) < 4.78 is 1.35. The monoisotopic (exact) mass is 277 g/mol. The van der Waals surface area contributed by atoms with Crippen LogP contribution in [0.25, 0.3) is 15.7 Å². The van der Waals surface area contributed by atoms with Gasteiger partial charge in [0, 0.05) is 33.1 Å². The van der Waals surface area contributed by atoms with E-state index >= 15 is 0 Å². The standard InChI is InChI=1S/C15H16ClNS/c1-9(2)15-11-8-17(3)7-6-10-12(16)4-5-13(18-15)14(10)11/h4-5H,1,6-8H2,2-3H3. The Hall–Kier alpha value is -0.830. The minimum Gasteiger partial charge on any atom is -0.302 e. The maximum atomic E-state index is 6.38. The molecule has 0 amide bonds. The fourth-order valence-corrected chi connectivity index (χ4v) is 4.11. The molecule has 0 atom stereocenters. The number of benzene rings is 1. The number of allylic oxidation sites excluding steroid dienone is 1. The molecule has 1 aromatic carbocycles. The van der Waals surface area contributed by atoms with E-state index in [1.165, 1.54) is 26.1 Å². The molecule has 0 saturated carbocycles. The summed E-state index contributed by atoms with van der Waals surface area (Å²) in [6, 6.07) is 4.18. The van der Waals surface area contributed by atoms with Crippen molar-refractivity contribution in [2.24, 2.45) is 0 Å². The van der Waals surface area contributed by atoms with E-state index < -0.39 is 0 Å². The molecule has 0 aliphatic carbocycles. The van der Waals surface area contributed by atoms with Crippen LogP contribution in [0.1, 0.15) is 22.9 Å². The van der Waals surface area contributed by atoms with Crippen molar-refractivity contribution in [3.05, 3.63) is 39.7 Å². The summed E-state index contributed by atoms with van der Waals surface area (Å²) in [6.45, 7) is 8.27. The second kappa shape index (κ2) is 4.37. The predicted octanol–water partition coefficient (Wildman–Crippen LogP) is 4.58. The van der Waals surface area contributed by atoms with Crippen molar-refractivity contribution in [1.82, 2.24) is 4.90 Å². The number of halogens is 1. The molecular formula is C15H16ClNS. The minimum atomic E-state index is 0.908. The molecule has 1 aliphatic rings. The summed E-state index contributed by atoms with van der Waals surface area (Å²) in [4.78, 5) is 3.70. The van der Waals surface area contributed by atoms with Gasteiger partial charge < -0.3 is 4.90 Å². The fourth-order valence-electron chi connectivity index (χ4n) is 2.69. The summed E-state index contributed by atoms with van der Waals surface area (Å²) in [6.07, 6.45) is 1.03. The van der Waals surface area contributed by atoms with Crippen LogP contribution >= 0.6 is 22.9 Å². The first-order valence-electron chi connectivity index (χ1n) is 6.15. The topological polar surface area (TPSA) is 3.24 Å². The quantitative estimate of drug-likeness (QED) is 0.738. The Morgan fingerprint density at radius 1 is 1.39 bits per heavy atom. The van der Waals surface area contributed by atoms with Crippen LogP contribution in [0.4, 0.5) is 0 Å². The molecular weight excluding hydrogens is 262 g/mol. The van der Waals surface area contributed by atoms with Crippen LogP contribution in [-0.2, 0) is 13.0 Å². The minimum absolute atomic E-state index is 0.908. The van der Waals surface area contributed by atoms with Crippen LogP contribution in [0.3, 0.4) is 0 Å². The SMILES string of the molecule is C=C(C)c1sc2ccc(Cl)c3c2c1CN(C)CC3. The number of rotatable bonds is 1. The highest BCUT2D eigenvalue weighted by atomic mass is 35.5. The normalized spacial score (nSPS) is 15.9. The van der Waals surface area contributed by atoms with Crippen molar-refractivity contribution in [2.45, 2.75) is 19.9 Å². The van der Waals surface area contributed by atoms with E-state index in [9.17, 15) is 0 Å². The van der Waals surface area contributed by atoms with Gasteiger partial charge in [0.1, 0.15) is 0 Å². The summed E-state index contributed by atoms with van der Waals surface area (Å²) in [5.41, 5.74) is 3.89. The van der Waals surface area contributed by atoms with E-state index in [0.717, 1.165) is 30.1 Å². The molecule has 0 bridgehead atoms. The number of hydrogen-bond acceptors (Lipinski definition) is 2. The van der Waals surface area contributed by atoms with Crippen LogP contribution < -0.4 is 0 Å². The van der Waals surface area contributed by atoms with Crippen LogP contribution in [0, 0.1) is 0 Å². The molecule has 0 unspecified atom stereocenters.